The molecule has 0 atom stereocenters. The summed E-state index contributed by atoms with van der Waals surface area (Å²) in [5.41, 5.74) is 6.85. The number of nitrogens with zero attached hydrogens (tertiary/aromatic N) is 2. The van der Waals surface area contributed by atoms with Crippen LogP contribution in [0.3, 0.4) is 0 Å². The summed E-state index contributed by atoms with van der Waals surface area (Å²) in [6.45, 7) is 0. The van der Waals surface area contributed by atoms with Crippen LogP contribution in [0.4, 0.5) is 0 Å². The standard InChI is InChI=1S/C27H26N2O3/c1-29-16-23(20-6-4-5-7-26(20)31-2)21-12-17(8-11-25(21)29)13-24-22(27(30)32-3)14-19(15-28-24)18-9-10-18/h4-8,11-12,14-16,18H,9-10,13H2,1-3H3. The third kappa shape index (κ3) is 3.64. The second-order valence-electron chi connectivity index (χ2n) is 8.41. The Morgan fingerprint density at radius 2 is 1.91 bits per heavy atom. The van der Waals surface area contributed by atoms with Crippen molar-refractivity contribution in [1.29, 1.82) is 0 Å². The Kier molecular flexibility index (Phi) is 5.17. The highest BCUT2D eigenvalue weighted by Gasteiger charge is 2.26. The van der Waals surface area contributed by atoms with Crippen LogP contribution in [0.15, 0.2) is 60.9 Å². The predicted molar refractivity (Wildman–Crippen MR) is 125 cm³/mol. The van der Waals surface area contributed by atoms with Gasteiger partial charge in [-0.15, -0.1) is 0 Å². The van der Waals surface area contributed by atoms with Crippen molar-refractivity contribution in [3.63, 3.8) is 0 Å². The molecule has 0 bridgehead atoms. The zero-order valence-electron chi connectivity index (χ0n) is 18.6. The molecule has 1 aliphatic rings. The molecule has 4 aromatic rings. The van der Waals surface area contributed by atoms with Crippen molar-refractivity contribution in [2.75, 3.05) is 14.2 Å². The van der Waals surface area contributed by atoms with Crippen molar-refractivity contribution < 1.29 is 14.3 Å². The van der Waals surface area contributed by atoms with Gasteiger partial charge >= 0.3 is 5.97 Å². The summed E-state index contributed by atoms with van der Waals surface area (Å²) in [6, 6.07) is 16.4. The van der Waals surface area contributed by atoms with Gasteiger partial charge in [0.15, 0.2) is 0 Å². The number of para-hydroxylation sites is 1. The molecule has 2 heterocycles. The Hall–Kier alpha value is -3.60. The third-order valence-corrected chi connectivity index (χ3v) is 6.27. The molecule has 0 amide bonds. The molecule has 1 saturated carbocycles. The molecule has 5 heteroatoms. The van der Waals surface area contributed by atoms with Crippen molar-refractivity contribution in [3.05, 3.63) is 83.3 Å². The molecular formula is C27H26N2O3. The van der Waals surface area contributed by atoms with Crippen molar-refractivity contribution >= 4 is 16.9 Å². The molecule has 0 N–H and O–H groups in total. The molecule has 0 saturated heterocycles. The predicted octanol–water partition coefficient (Wildman–Crippen LogP) is 5.50. The summed E-state index contributed by atoms with van der Waals surface area (Å²) in [4.78, 5) is 17.1. The van der Waals surface area contributed by atoms with Gasteiger partial charge in [0.25, 0.3) is 0 Å². The first-order valence-electron chi connectivity index (χ1n) is 10.9. The van der Waals surface area contributed by atoms with Gasteiger partial charge in [0.05, 0.1) is 25.5 Å². The van der Waals surface area contributed by atoms with Gasteiger partial charge < -0.3 is 14.0 Å². The van der Waals surface area contributed by atoms with Gasteiger partial charge in [-0.25, -0.2) is 4.79 Å². The van der Waals surface area contributed by atoms with Gasteiger partial charge in [-0.3, -0.25) is 4.98 Å². The van der Waals surface area contributed by atoms with E-state index in [2.05, 4.69) is 47.1 Å². The van der Waals surface area contributed by atoms with E-state index in [9.17, 15) is 4.79 Å². The first-order chi connectivity index (χ1) is 15.6. The quantitative estimate of drug-likeness (QED) is 0.382. The summed E-state index contributed by atoms with van der Waals surface area (Å²) in [5.74, 6) is 1.05. The number of ether oxygens (including phenoxy) is 2. The second-order valence-corrected chi connectivity index (χ2v) is 8.41. The molecule has 0 radical (unpaired) electrons. The van der Waals surface area contributed by atoms with E-state index in [0.717, 1.165) is 57.4 Å². The fraction of sp³-hybridized carbons (Fsp3) is 0.259. The third-order valence-electron chi connectivity index (χ3n) is 6.27. The van der Waals surface area contributed by atoms with E-state index in [4.69, 9.17) is 9.47 Å². The molecule has 32 heavy (non-hydrogen) atoms. The van der Waals surface area contributed by atoms with E-state index in [-0.39, 0.29) is 5.97 Å². The molecule has 5 nitrogen and oxygen atoms in total. The summed E-state index contributed by atoms with van der Waals surface area (Å²) < 4.78 is 12.8. The number of rotatable bonds is 6. The van der Waals surface area contributed by atoms with Gasteiger partial charge in [-0.1, -0.05) is 24.3 Å². The highest BCUT2D eigenvalue weighted by molar-refractivity contribution is 5.98. The van der Waals surface area contributed by atoms with E-state index in [1.807, 2.05) is 30.5 Å². The number of carbonyl (C=O) groups excluding carboxylic acids is 1. The van der Waals surface area contributed by atoms with Gasteiger partial charge in [-0.2, -0.15) is 0 Å². The Labute approximate surface area is 187 Å². The van der Waals surface area contributed by atoms with Crippen LogP contribution in [-0.4, -0.2) is 29.7 Å². The lowest BCUT2D eigenvalue weighted by atomic mass is 9.98. The highest BCUT2D eigenvalue weighted by Crippen LogP contribution is 2.40. The highest BCUT2D eigenvalue weighted by atomic mass is 16.5. The van der Waals surface area contributed by atoms with E-state index < -0.39 is 0 Å². The van der Waals surface area contributed by atoms with E-state index in [1.165, 1.54) is 7.11 Å². The number of hydrogen-bond donors (Lipinski definition) is 0. The molecule has 0 unspecified atom stereocenters. The van der Waals surface area contributed by atoms with Crippen molar-refractivity contribution in [2.24, 2.45) is 7.05 Å². The maximum atomic E-state index is 12.5. The zero-order valence-corrected chi connectivity index (χ0v) is 18.6. The molecule has 1 aliphatic carbocycles. The zero-order chi connectivity index (χ0) is 22.2. The Balaban J connectivity index is 1.57. The molecule has 162 valence electrons. The normalized spacial score (nSPS) is 13.3. The fourth-order valence-corrected chi connectivity index (χ4v) is 4.40. The molecule has 2 aromatic carbocycles. The number of fused-ring (bicyclic) bond motifs is 1. The van der Waals surface area contributed by atoms with Crippen LogP contribution in [0.5, 0.6) is 5.75 Å². The SMILES string of the molecule is COC(=O)c1cc(C2CC2)cnc1Cc1ccc2c(c1)c(-c1ccccc1OC)cn2C. The maximum absolute atomic E-state index is 12.5. The first-order valence-corrected chi connectivity index (χ1v) is 10.9. The minimum Gasteiger partial charge on any atom is -0.496 e. The summed E-state index contributed by atoms with van der Waals surface area (Å²) in [7, 11) is 5.17. The first kappa shape index (κ1) is 20.3. The molecule has 0 spiro atoms. The number of aryl methyl sites for hydroxylation is 1. The van der Waals surface area contributed by atoms with Crippen molar-refractivity contribution in [3.8, 4) is 16.9 Å². The Morgan fingerprint density at radius 3 is 2.66 bits per heavy atom. The fourth-order valence-electron chi connectivity index (χ4n) is 4.40. The van der Waals surface area contributed by atoms with Crippen LogP contribution in [-0.2, 0) is 18.2 Å². The summed E-state index contributed by atoms with van der Waals surface area (Å²) in [6.07, 6.45) is 6.94. The monoisotopic (exact) mass is 426 g/mol. The average molecular weight is 427 g/mol. The molecule has 1 fully saturated rings. The Morgan fingerprint density at radius 1 is 1.09 bits per heavy atom. The van der Waals surface area contributed by atoms with Crippen LogP contribution in [0.2, 0.25) is 0 Å². The number of esters is 1. The summed E-state index contributed by atoms with van der Waals surface area (Å²) in [5, 5.41) is 1.14. The minimum absolute atomic E-state index is 0.328. The molecule has 0 aliphatic heterocycles. The molecular weight excluding hydrogens is 400 g/mol. The largest absolute Gasteiger partial charge is 0.496 e. The number of aromatic nitrogens is 2. The van der Waals surface area contributed by atoms with Gasteiger partial charge in [0.1, 0.15) is 5.75 Å². The van der Waals surface area contributed by atoms with Crippen LogP contribution < -0.4 is 4.74 Å². The van der Waals surface area contributed by atoms with E-state index >= 15 is 0 Å². The van der Waals surface area contributed by atoms with Gasteiger partial charge in [0, 0.05) is 47.9 Å². The van der Waals surface area contributed by atoms with Gasteiger partial charge in [-0.05, 0) is 54.2 Å². The minimum atomic E-state index is -0.328. The number of carbonyl (C=O) groups is 1. The van der Waals surface area contributed by atoms with Crippen LogP contribution in [0.1, 0.15) is 45.9 Å². The van der Waals surface area contributed by atoms with Gasteiger partial charge in [0.2, 0.25) is 0 Å². The van der Waals surface area contributed by atoms with E-state index in [1.54, 1.807) is 7.11 Å². The van der Waals surface area contributed by atoms with Crippen LogP contribution in [0, 0.1) is 0 Å². The molecule has 5 rings (SSSR count). The topological polar surface area (TPSA) is 53.4 Å². The Bertz CT molecular complexity index is 1320. The summed E-state index contributed by atoms with van der Waals surface area (Å²) >= 11 is 0. The number of hydrogen-bond acceptors (Lipinski definition) is 4. The smallest absolute Gasteiger partial charge is 0.339 e. The lowest BCUT2D eigenvalue weighted by molar-refractivity contribution is 0.0599. The van der Waals surface area contributed by atoms with E-state index in [0.29, 0.717) is 17.9 Å². The van der Waals surface area contributed by atoms with Crippen LogP contribution in [0.25, 0.3) is 22.0 Å². The number of pyridine rings is 1. The maximum Gasteiger partial charge on any atom is 0.339 e. The number of benzene rings is 2. The van der Waals surface area contributed by atoms with Crippen molar-refractivity contribution in [2.45, 2.75) is 25.2 Å². The van der Waals surface area contributed by atoms with Crippen LogP contribution >= 0.6 is 0 Å². The number of methoxy groups -OCH3 is 2. The molecule has 2 aromatic heterocycles. The second kappa shape index (κ2) is 8.15. The average Bonchev–Trinajstić information content (AvgIpc) is 3.63. The lowest BCUT2D eigenvalue weighted by Crippen LogP contribution is -2.09. The lowest BCUT2D eigenvalue weighted by Gasteiger charge is -2.10. The van der Waals surface area contributed by atoms with Crippen molar-refractivity contribution in [1.82, 2.24) is 9.55 Å².